The Kier molecular flexibility index (Phi) is 2.99. The van der Waals surface area contributed by atoms with Crippen molar-refractivity contribution in [2.75, 3.05) is 13.1 Å². The van der Waals surface area contributed by atoms with Crippen LogP contribution in [0.4, 0.5) is 0 Å². The zero-order chi connectivity index (χ0) is 11.7. The second kappa shape index (κ2) is 4.63. The van der Waals surface area contributed by atoms with Gasteiger partial charge in [0.1, 0.15) is 0 Å². The zero-order valence-electron chi connectivity index (χ0n) is 10.0. The summed E-state index contributed by atoms with van der Waals surface area (Å²) in [6.45, 7) is 2.22. The molecule has 1 fully saturated rings. The molecular weight excluding hydrogens is 230 g/mol. The van der Waals surface area contributed by atoms with Crippen LogP contribution in [-0.2, 0) is 7.05 Å². The average Bonchev–Trinajstić information content (AvgIpc) is 2.99. The van der Waals surface area contributed by atoms with E-state index in [9.17, 15) is 0 Å². The smallest absolute Gasteiger partial charge is 0.0781 e. The third-order valence-electron chi connectivity index (χ3n) is 3.39. The minimum Gasteiger partial charge on any atom is -0.316 e. The Morgan fingerprint density at radius 2 is 2.47 bits per heavy atom. The molecule has 0 bridgehead atoms. The van der Waals surface area contributed by atoms with E-state index in [2.05, 4.69) is 34.0 Å². The molecule has 2 aromatic heterocycles. The summed E-state index contributed by atoms with van der Waals surface area (Å²) < 4.78 is 2.01. The standard InChI is InChI=1S/C13H17N3S/c1-16-12(13-5-3-7-17-13)8-11(15-16)10-4-2-6-14-9-10/h3,5,7-8,10,14H,2,4,6,9H2,1H3. The molecule has 0 radical (unpaired) electrons. The first kappa shape index (κ1) is 11.0. The molecule has 3 heterocycles. The predicted molar refractivity (Wildman–Crippen MR) is 71.4 cm³/mol. The van der Waals surface area contributed by atoms with Crippen molar-refractivity contribution in [3.8, 4) is 10.6 Å². The normalized spacial score (nSPS) is 20.6. The van der Waals surface area contributed by atoms with Gasteiger partial charge >= 0.3 is 0 Å². The van der Waals surface area contributed by atoms with Crippen molar-refractivity contribution in [1.82, 2.24) is 15.1 Å². The molecule has 0 spiro atoms. The molecule has 0 aliphatic carbocycles. The maximum Gasteiger partial charge on any atom is 0.0781 e. The fraction of sp³-hybridized carbons (Fsp3) is 0.462. The predicted octanol–water partition coefficient (Wildman–Crippen LogP) is 2.62. The molecule has 1 N–H and O–H groups in total. The van der Waals surface area contributed by atoms with Crippen LogP contribution in [0, 0.1) is 0 Å². The summed E-state index contributed by atoms with van der Waals surface area (Å²) in [5.74, 6) is 0.587. The summed E-state index contributed by atoms with van der Waals surface area (Å²) in [5, 5.41) is 10.2. The van der Waals surface area contributed by atoms with Crippen LogP contribution in [0.15, 0.2) is 23.6 Å². The van der Waals surface area contributed by atoms with Crippen molar-refractivity contribution in [2.24, 2.45) is 7.05 Å². The molecular formula is C13H17N3S. The lowest BCUT2D eigenvalue weighted by molar-refractivity contribution is 0.451. The van der Waals surface area contributed by atoms with Gasteiger partial charge in [0.25, 0.3) is 0 Å². The SMILES string of the molecule is Cn1nc(C2CCCNC2)cc1-c1cccs1. The first-order valence-electron chi connectivity index (χ1n) is 6.13. The van der Waals surface area contributed by atoms with Crippen LogP contribution in [0.1, 0.15) is 24.5 Å². The Bertz CT molecular complexity index is 481. The van der Waals surface area contributed by atoms with Crippen LogP contribution in [-0.4, -0.2) is 22.9 Å². The second-order valence-corrected chi connectivity index (χ2v) is 5.55. The fourth-order valence-electron chi connectivity index (χ4n) is 2.45. The zero-order valence-corrected chi connectivity index (χ0v) is 10.8. The number of aromatic nitrogens is 2. The highest BCUT2D eigenvalue weighted by Gasteiger charge is 2.19. The van der Waals surface area contributed by atoms with Crippen molar-refractivity contribution in [3.05, 3.63) is 29.3 Å². The quantitative estimate of drug-likeness (QED) is 0.884. The van der Waals surface area contributed by atoms with Crippen LogP contribution in [0.25, 0.3) is 10.6 Å². The number of piperidine rings is 1. The lowest BCUT2D eigenvalue weighted by Gasteiger charge is -2.20. The van der Waals surface area contributed by atoms with Crippen LogP contribution in [0.5, 0.6) is 0 Å². The van der Waals surface area contributed by atoms with Gasteiger partial charge in [-0.2, -0.15) is 5.10 Å². The van der Waals surface area contributed by atoms with E-state index in [1.807, 2.05) is 11.7 Å². The number of rotatable bonds is 2. The molecule has 0 saturated carbocycles. The number of thiophene rings is 1. The van der Waals surface area contributed by atoms with E-state index in [1.54, 1.807) is 11.3 Å². The number of nitrogens with one attached hydrogen (secondary N) is 1. The van der Waals surface area contributed by atoms with Crippen LogP contribution in [0.2, 0.25) is 0 Å². The summed E-state index contributed by atoms with van der Waals surface area (Å²) in [4.78, 5) is 1.30. The molecule has 0 amide bonds. The van der Waals surface area contributed by atoms with Gasteiger partial charge in [0.2, 0.25) is 0 Å². The third kappa shape index (κ3) is 2.15. The van der Waals surface area contributed by atoms with Gasteiger partial charge in [-0.3, -0.25) is 4.68 Å². The van der Waals surface area contributed by atoms with E-state index >= 15 is 0 Å². The summed E-state index contributed by atoms with van der Waals surface area (Å²) in [7, 11) is 2.04. The molecule has 4 heteroatoms. The Balaban J connectivity index is 1.90. The highest BCUT2D eigenvalue weighted by Crippen LogP contribution is 2.29. The van der Waals surface area contributed by atoms with Gasteiger partial charge in [-0.1, -0.05) is 6.07 Å². The highest BCUT2D eigenvalue weighted by molar-refractivity contribution is 7.13. The first-order valence-corrected chi connectivity index (χ1v) is 7.01. The van der Waals surface area contributed by atoms with Gasteiger partial charge < -0.3 is 5.32 Å². The molecule has 2 aromatic rings. The molecule has 90 valence electrons. The van der Waals surface area contributed by atoms with Gasteiger partial charge in [-0.25, -0.2) is 0 Å². The highest BCUT2D eigenvalue weighted by atomic mass is 32.1. The van der Waals surface area contributed by atoms with Gasteiger partial charge in [0, 0.05) is 19.5 Å². The Morgan fingerprint density at radius 1 is 1.53 bits per heavy atom. The third-order valence-corrected chi connectivity index (χ3v) is 4.28. The molecule has 0 aromatic carbocycles. The van der Waals surface area contributed by atoms with Crippen LogP contribution < -0.4 is 5.32 Å². The van der Waals surface area contributed by atoms with Crippen molar-refractivity contribution in [3.63, 3.8) is 0 Å². The molecule has 1 aliphatic heterocycles. The average molecular weight is 247 g/mol. The molecule has 1 saturated heterocycles. The molecule has 17 heavy (non-hydrogen) atoms. The Hall–Kier alpha value is -1.13. The first-order chi connectivity index (χ1) is 8.34. The number of hydrogen-bond donors (Lipinski definition) is 1. The lowest BCUT2D eigenvalue weighted by atomic mass is 9.96. The van der Waals surface area contributed by atoms with Gasteiger partial charge in [0.05, 0.1) is 16.3 Å². The minimum absolute atomic E-state index is 0.587. The molecule has 3 rings (SSSR count). The monoisotopic (exact) mass is 247 g/mol. The summed E-state index contributed by atoms with van der Waals surface area (Å²) in [6, 6.07) is 6.50. The largest absolute Gasteiger partial charge is 0.316 e. The number of hydrogen-bond acceptors (Lipinski definition) is 3. The maximum atomic E-state index is 4.67. The maximum absolute atomic E-state index is 4.67. The summed E-state index contributed by atoms with van der Waals surface area (Å²) in [5.41, 5.74) is 2.48. The van der Waals surface area contributed by atoms with Crippen molar-refractivity contribution < 1.29 is 0 Å². The van der Waals surface area contributed by atoms with E-state index in [0.29, 0.717) is 5.92 Å². The molecule has 1 unspecified atom stereocenters. The van der Waals surface area contributed by atoms with Crippen molar-refractivity contribution >= 4 is 11.3 Å². The molecule has 1 atom stereocenters. The van der Waals surface area contributed by atoms with E-state index in [4.69, 9.17) is 0 Å². The fourth-order valence-corrected chi connectivity index (χ4v) is 3.22. The van der Waals surface area contributed by atoms with Crippen LogP contribution >= 0.6 is 11.3 Å². The number of aryl methyl sites for hydroxylation is 1. The molecule has 1 aliphatic rings. The van der Waals surface area contributed by atoms with Gasteiger partial charge in [-0.15, -0.1) is 11.3 Å². The van der Waals surface area contributed by atoms with E-state index < -0.39 is 0 Å². The summed E-state index contributed by atoms with van der Waals surface area (Å²) >= 11 is 1.77. The Morgan fingerprint density at radius 3 is 3.18 bits per heavy atom. The lowest BCUT2D eigenvalue weighted by Crippen LogP contribution is -2.28. The topological polar surface area (TPSA) is 29.9 Å². The van der Waals surface area contributed by atoms with E-state index in [1.165, 1.54) is 29.1 Å². The Labute approximate surface area is 105 Å². The van der Waals surface area contributed by atoms with Crippen LogP contribution in [0.3, 0.4) is 0 Å². The van der Waals surface area contributed by atoms with E-state index in [0.717, 1.165) is 13.1 Å². The molecule has 3 nitrogen and oxygen atoms in total. The van der Waals surface area contributed by atoms with Crippen molar-refractivity contribution in [1.29, 1.82) is 0 Å². The summed E-state index contributed by atoms with van der Waals surface area (Å²) in [6.07, 6.45) is 2.52. The van der Waals surface area contributed by atoms with Gasteiger partial charge in [-0.05, 0) is 36.9 Å². The number of nitrogens with zero attached hydrogens (tertiary/aromatic N) is 2. The van der Waals surface area contributed by atoms with Gasteiger partial charge in [0.15, 0.2) is 0 Å². The second-order valence-electron chi connectivity index (χ2n) is 4.60. The van der Waals surface area contributed by atoms with Crippen molar-refractivity contribution in [2.45, 2.75) is 18.8 Å². The minimum atomic E-state index is 0.587. The van der Waals surface area contributed by atoms with E-state index in [-0.39, 0.29) is 0 Å².